The number of piperazine rings is 1. The highest BCUT2D eigenvalue weighted by Crippen LogP contribution is 2.12. The van der Waals surface area contributed by atoms with Gasteiger partial charge in [0.1, 0.15) is 5.75 Å². The number of nitrogens with one attached hydrogen (secondary N) is 1. The Balaban J connectivity index is 1.73. The molecule has 1 aliphatic rings. The average molecular weight is 305 g/mol. The summed E-state index contributed by atoms with van der Waals surface area (Å²) >= 11 is 0. The molecule has 0 aliphatic carbocycles. The van der Waals surface area contributed by atoms with Crippen molar-refractivity contribution in [2.24, 2.45) is 0 Å². The Labute approximate surface area is 131 Å². The van der Waals surface area contributed by atoms with Crippen LogP contribution in [0.1, 0.15) is 12.5 Å². The summed E-state index contributed by atoms with van der Waals surface area (Å²) in [7, 11) is 1.64. The first kappa shape index (κ1) is 16.1. The number of ether oxygens (including phenoxy) is 1. The van der Waals surface area contributed by atoms with Gasteiger partial charge in [0.15, 0.2) is 0 Å². The lowest BCUT2D eigenvalue weighted by atomic mass is 10.1. The molecule has 0 unspecified atom stereocenters. The molecule has 0 bridgehead atoms. The van der Waals surface area contributed by atoms with Gasteiger partial charge in [-0.2, -0.15) is 0 Å². The summed E-state index contributed by atoms with van der Waals surface area (Å²) in [6.07, 6.45) is 0.760. The van der Waals surface area contributed by atoms with Crippen molar-refractivity contribution in [3.05, 3.63) is 29.8 Å². The lowest BCUT2D eigenvalue weighted by Gasteiger charge is -2.34. The Bertz CT molecular complexity index is 525. The topological polar surface area (TPSA) is 61.9 Å². The van der Waals surface area contributed by atoms with Crippen molar-refractivity contribution in [2.45, 2.75) is 13.3 Å². The van der Waals surface area contributed by atoms with Crippen LogP contribution in [0.15, 0.2) is 24.3 Å². The van der Waals surface area contributed by atoms with Gasteiger partial charge in [-0.3, -0.25) is 4.79 Å². The van der Waals surface area contributed by atoms with Gasteiger partial charge >= 0.3 is 6.03 Å². The molecule has 3 amide bonds. The maximum Gasteiger partial charge on any atom is 0.317 e. The zero-order chi connectivity index (χ0) is 15.9. The largest absolute Gasteiger partial charge is 0.497 e. The summed E-state index contributed by atoms with van der Waals surface area (Å²) in [5.41, 5.74) is 1.13. The van der Waals surface area contributed by atoms with Crippen molar-refractivity contribution in [1.82, 2.24) is 15.1 Å². The molecule has 0 aromatic heterocycles. The monoisotopic (exact) mass is 305 g/mol. The lowest BCUT2D eigenvalue weighted by Crippen LogP contribution is -2.52. The van der Waals surface area contributed by atoms with Gasteiger partial charge in [0.05, 0.1) is 7.11 Å². The predicted octanol–water partition coefficient (Wildman–Crippen LogP) is 1.11. The number of hydrogen-bond acceptors (Lipinski definition) is 3. The van der Waals surface area contributed by atoms with Crippen molar-refractivity contribution in [3.63, 3.8) is 0 Å². The molecule has 0 atom stereocenters. The molecular formula is C16H23N3O3. The van der Waals surface area contributed by atoms with Gasteiger partial charge in [0, 0.05) is 39.6 Å². The van der Waals surface area contributed by atoms with Gasteiger partial charge in [-0.1, -0.05) is 12.1 Å². The average Bonchev–Trinajstić information content (AvgIpc) is 2.55. The van der Waals surface area contributed by atoms with Crippen LogP contribution in [0, 0.1) is 0 Å². The molecule has 1 saturated heterocycles. The quantitative estimate of drug-likeness (QED) is 0.906. The second-order valence-electron chi connectivity index (χ2n) is 5.33. The van der Waals surface area contributed by atoms with Crippen LogP contribution in [0.3, 0.4) is 0 Å². The number of methoxy groups -OCH3 is 1. The van der Waals surface area contributed by atoms with Crippen LogP contribution in [0.4, 0.5) is 4.79 Å². The van der Waals surface area contributed by atoms with E-state index in [4.69, 9.17) is 4.74 Å². The second kappa shape index (κ2) is 7.68. The van der Waals surface area contributed by atoms with Crippen molar-refractivity contribution >= 4 is 11.9 Å². The predicted molar refractivity (Wildman–Crippen MR) is 83.9 cm³/mol. The van der Waals surface area contributed by atoms with E-state index in [1.807, 2.05) is 24.3 Å². The Kier molecular flexibility index (Phi) is 5.63. The number of rotatable bonds is 4. The van der Waals surface area contributed by atoms with Gasteiger partial charge in [0.2, 0.25) is 5.91 Å². The minimum Gasteiger partial charge on any atom is -0.497 e. The number of carbonyl (C=O) groups excluding carboxylic acids is 2. The molecule has 22 heavy (non-hydrogen) atoms. The highest BCUT2D eigenvalue weighted by atomic mass is 16.5. The van der Waals surface area contributed by atoms with Crippen molar-refractivity contribution in [1.29, 1.82) is 0 Å². The summed E-state index contributed by atoms with van der Waals surface area (Å²) < 4.78 is 5.18. The minimum absolute atomic E-state index is 0.0638. The third-order valence-corrected chi connectivity index (χ3v) is 3.84. The first-order valence-corrected chi connectivity index (χ1v) is 7.51. The highest BCUT2D eigenvalue weighted by Gasteiger charge is 2.21. The van der Waals surface area contributed by atoms with Crippen LogP contribution in [0.5, 0.6) is 5.75 Å². The van der Waals surface area contributed by atoms with Crippen LogP contribution in [0.2, 0.25) is 0 Å². The van der Waals surface area contributed by atoms with Gasteiger partial charge in [0.25, 0.3) is 0 Å². The van der Waals surface area contributed by atoms with E-state index in [1.54, 1.807) is 23.8 Å². The van der Waals surface area contributed by atoms with Gasteiger partial charge in [-0.15, -0.1) is 0 Å². The number of carbonyl (C=O) groups is 2. The summed E-state index contributed by atoms with van der Waals surface area (Å²) in [5.74, 6) is 0.891. The molecule has 1 aliphatic heterocycles. The molecule has 0 spiro atoms. The fraction of sp³-hybridized carbons (Fsp3) is 0.500. The lowest BCUT2D eigenvalue weighted by molar-refractivity contribution is -0.130. The molecule has 6 nitrogen and oxygen atoms in total. The third-order valence-electron chi connectivity index (χ3n) is 3.84. The van der Waals surface area contributed by atoms with Crippen molar-refractivity contribution in [3.8, 4) is 5.75 Å². The second-order valence-corrected chi connectivity index (χ2v) is 5.33. The Hall–Kier alpha value is -2.24. The van der Waals surface area contributed by atoms with E-state index in [0.29, 0.717) is 32.7 Å². The fourth-order valence-corrected chi connectivity index (χ4v) is 2.48. The van der Waals surface area contributed by atoms with Crippen LogP contribution in [-0.2, 0) is 11.2 Å². The van der Waals surface area contributed by atoms with Crippen LogP contribution < -0.4 is 10.1 Å². The van der Waals surface area contributed by atoms with E-state index in [9.17, 15) is 9.59 Å². The fourth-order valence-electron chi connectivity index (χ4n) is 2.48. The maximum atomic E-state index is 12.1. The van der Waals surface area contributed by atoms with E-state index in [0.717, 1.165) is 17.7 Å². The summed E-state index contributed by atoms with van der Waals surface area (Å²) in [6.45, 7) is 4.54. The third kappa shape index (κ3) is 4.38. The maximum absolute atomic E-state index is 12.1. The standard InChI is InChI=1S/C16H23N3O3/c1-13(20)18-8-10-19(11-9-18)16(21)17-7-6-14-4-3-5-15(12-14)22-2/h3-5,12H,6-11H2,1-2H3,(H,17,21). The summed E-state index contributed by atoms with van der Waals surface area (Å²) in [6, 6.07) is 7.76. The molecule has 0 saturated carbocycles. The molecular weight excluding hydrogens is 282 g/mol. The van der Waals surface area contributed by atoms with E-state index >= 15 is 0 Å². The number of hydrogen-bond donors (Lipinski definition) is 1. The zero-order valence-electron chi connectivity index (χ0n) is 13.2. The van der Waals surface area contributed by atoms with E-state index in [2.05, 4.69) is 5.32 Å². The first-order chi connectivity index (χ1) is 10.6. The van der Waals surface area contributed by atoms with Gasteiger partial charge < -0.3 is 19.9 Å². The minimum atomic E-state index is -0.0638. The number of amides is 3. The molecule has 6 heteroatoms. The molecule has 1 aromatic rings. The molecule has 1 heterocycles. The first-order valence-electron chi connectivity index (χ1n) is 7.51. The molecule has 1 aromatic carbocycles. The SMILES string of the molecule is COc1cccc(CCNC(=O)N2CCN(C(C)=O)CC2)c1. The molecule has 1 fully saturated rings. The van der Waals surface area contributed by atoms with E-state index in [-0.39, 0.29) is 11.9 Å². The Morgan fingerprint density at radius 3 is 2.50 bits per heavy atom. The molecule has 120 valence electrons. The van der Waals surface area contributed by atoms with Gasteiger partial charge in [-0.25, -0.2) is 4.79 Å². The van der Waals surface area contributed by atoms with Crippen molar-refractivity contribution in [2.75, 3.05) is 39.8 Å². The Morgan fingerprint density at radius 1 is 1.18 bits per heavy atom. The molecule has 0 radical (unpaired) electrons. The Morgan fingerprint density at radius 2 is 1.86 bits per heavy atom. The smallest absolute Gasteiger partial charge is 0.317 e. The summed E-state index contributed by atoms with van der Waals surface area (Å²) in [5, 5.41) is 2.93. The number of benzene rings is 1. The van der Waals surface area contributed by atoms with Crippen LogP contribution in [0.25, 0.3) is 0 Å². The van der Waals surface area contributed by atoms with E-state index < -0.39 is 0 Å². The number of urea groups is 1. The molecule has 1 N–H and O–H groups in total. The number of nitrogens with zero attached hydrogens (tertiary/aromatic N) is 2. The van der Waals surface area contributed by atoms with Crippen molar-refractivity contribution < 1.29 is 14.3 Å². The summed E-state index contributed by atoms with van der Waals surface area (Å²) in [4.78, 5) is 26.8. The van der Waals surface area contributed by atoms with E-state index in [1.165, 1.54) is 0 Å². The van der Waals surface area contributed by atoms with Crippen LogP contribution in [-0.4, -0.2) is 61.6 Å². The normalized spacial score (nSPS) is 14.6. The van der Waals surface area contributed by atoms with Gasteiger partial charge in [-0.05, 0) is 24.1 Å². The highest BCUT2D eigenvalue weighted by molar-refractivity contribution is 5.76. The van der Waals surface area contributed by atoms with Crippen LogP contribution >= 0.6 is 0 Å². The molecule has 2 rings (SSSR count). The zero-order valence-corrected chi connectivity index (χ0v) is 13.2.